The molecule has 0 aliphatic carbocycles. The van der Waals surface area contributed by atoms with Crippen LogP contribution in [0.25, 0.3) is 0 Å². The summed E-state index contributed by atoms with van der Waals surface area (Å²) in [5, 5.41) is 7.49. The van der Waals surface area contributed by atoms with E-state index in [1.165, 1.54) is 0 Å². The first-order chi connectivity index (χ1) is 2.81. The Balaban J connectivity index is -0.000000125. The van der Waals surface area contributed by atoms with E-state index in [9.17, 15) is 4.79 Å². The predicted octanol–water partition coefficient (Wildman–Crippen LogP) is -2.47. The summed E-state index contributed by atoms with van der Waals surface area (Å²) in [6.45, 7) is 1.60. The monoisotopic (exact) mass is 130 g/mol. The molecule has 0 spiro atoms. The topological polar surface area (TPSA) is 46.5 Å². The van der Waals surface area contributed by atoms with Crippen LogP contribution in [0.1, 0.15) is 14.8 Å². The van der Waals surface area contributed by atoms with Gasteiger partial charge in [-0.1, -0.05) is 6.92 Å². The first-order valence-corrected chi connectivity index (χ1v) is 1.65. The third-order valence-corrected chi connectivity index (χ3v) is 0.390. The molecule has 38 valence electrons. The number of hydrogen-bond donors (Lipinski definition) is 1. The summed E-state index contributed by atoms with van der Waals surface area (Å²) >= 11 is 0. The fourth-order valence-corrected chi connectivity index (χ4v) is 0.0645. The van der Waals surface area contributed by atoms with E-state index in [1.54, 1.807) is 6.92 Å². The largest absolute Gasteiger partial charge is 1.00 e. The maximum Gasteiger partial charge on any atom is 1.00 e. The molecule has 0 radical (unpaired) electrons. The zero-order valence-corrected chi connectivity index (χ0v) is 7.59. The van der Waals surface area contributed by atoms with Gasteiger partial charge < -0.3 is 6.31 Å². The molecule has 0 saturated carbocycles. The maximum atomic E-state index is 9.71. The van der Waals surface area contributed by atoms with Gasteiger partial charge in [0.15, 0.2) is 0 Å². The van der Waals surface area contributed by atoms with Crippen LogP contribution < -0.4 is 51.4 Å². The molecule has 0 bridgehead atoms. The molecule has 0 aromatic rings. The molecule has 0 fully saturated rings. The van der Waals surface area contributed by atoms with Crippen LogP contribution in [0.3, 0.4) is 0 Å². The maximum absolute atomic E-state index is 9.71. The fraction of sp³-hybridized carbons (Fsp3) is 0.667. The molecule has 0 aliphatic heterocycles. The molecule has 0 amide bonds. The van der Waals surface area contributed by atoms with Crippen molar-refractivity contribution in [1.29, 1.82) is 0 Å². The van der Waals surface area contributed by atoms with Gasteiger partial charge in [-0.05, 0) is 0 Å². The average molecular weight is 130 g/mol. The molecule has 0 aromatic carbocycles. The van der Waals surface area contributed by atoms with E-state index in [-0.39, 0.29) is 59.2 Å². The van der Waals surface area contributed by atoms with Gasteiger partial charge in [0.05, 0.1) is 0 Å². The Hall–Kier alpha value is 1.07. The third-order valence-electron chi connectivity index (χ3n) is 0.390. The van der Waals surface area contributed by atoms with E-state index in [4.69, 9.17) is 5.26 Å². The molecule has 0 heterocycles. The van der Waals surface area contributed by atoms with E-state index in [0.717, 1.165) is 0 Å². The molecule has 0 rings (SSSR count). The van der Waals surface area contributed by atoms with Crippen LogP contribution in [-0.4, -0.2) is 11.2 Å². The van der Waals surface area contributed by atoms with Crippen LogP contribution in [0.5, 0.6) is 0 Å². The second-order valence-corrected chi connectivity index (χ2v) is 0.817. The van der Waals surface area contributed by atoms with Gasteiger partial charge in [-0.3, -0.25) is 0 Å². The molecule has 3 nitrogen and oxygen atoms in total. The first kappa shape index (κ1) is 10.9. The average Bonchev–Trinajstić information content (AvgIpc) is 1.65. The number of hydrogen-bond acceptors (Lipinski definition) is 3. The van der Waals surface area contributed by atoms with Gasteiger partial charge in [0.1, 0.15) is 0 Å². The Bertz CT molecular complexity index is 52.5. The second kappa shape index (κ2) is 7.07. The molecular formula is C3H7KO3. The van der Waals surface area contributed by atoms with Crippen LogP contribution in [-0.2, 0) is 9.68 Å². The minimum Gasteiger partial charge on any atom is -1.00 e. The Morgan fingerprint density at radius 1 is 2.00 bits per heavy atom. The fourth-order valence-electron chi connectivity index (χ4n) is 0.0645. The summed E-state index contributed by atoms with van der Waals surface area (Å²) in [7, 11) is 0. The van der Waals surface area contributed by atoms with Crippen LogP contribution in [0, 0.1) is 0 Å². The SMILES string of the molecule is CCC(=O)OO.[H-].[K+]. The third kappa shape index (κ3) is 7.07. The molecule has 4 heteroatoms. The first-order valence-electron chi connectivity index (χ1n) is 1.65. The van der Waals surface area contributed by atoms with Crippen molar-refractivity contribution < 1.29 is 67.8 Å². The van der Waals surface area contributed by atoms with E-state index < -0.39 is 5.97 Å². The van der Waals surface area contributed by atoms with Crippen molar-refractivity contribution in [2.75, 3.05) is 0 Å². The van der Waals surface area contributed by atoms with Crippen molar-refractivity contribution in [3.63, 3.8) is 0 Å². The summed E-state index contributed by atoms with van der Waals surface area (Å²) in [6, 6.07) is 0. The number of rotatable bonds is 1. The predicted molar refractivity (Wildman–Crippen MR) is 20.1 cm³/mol. The molecule has 0 aliphatic rings. The summed E-state index contributed by atoms with van der Waals surface area (Å²) in [6.07, 6.45) is 0.219. The number of carbonyl (C=O) groups excluding carboxylic acids is 1. The van der Waals surface area contributed by atoms with Gasteiger partial charge in [0.2, 0.25) is 0 Å². The molecule has 1 N–H and O–H groups in total. The molecule has 7 heavy (non-hydrogen) atoms. The number of carbonyl (C=O) groups is 1. The molecule has 0 unspecified atom stereocenters. The standard InChI is InChI=1S/C3H6O3.K.H/c1-2-3(4)6-5;;/h5H,2H2,1H3;;/q;+1;-1. The second-order valence-electron chi connectivity index (χ2n) is 0.817. The van der Waals surface area contributed by atoms with Crippen molar-refractivity contribution in [3.8, 4) is 0 Å². The summed E-state index contributed by atoms with van der Waals surface area (Å²) < 4.78 is 0. The van der Waals surface area contributed by atoms with E-state index in [1.807, 2.05) is 0 Å². The van der Waals surface area contributed by atoms with Crippen molar-refractivity contribution >= 4 is 5.97 Å². The summed E-state index contributed by atoms with van der Waals surface area (Å²) in [5.74, 6) is -0.602. The zero-order chi connectivity index (χ0) is 4.99. The normalized spacial score (nSPS) is 6.57. The minimum absolute atomic E-state index is 0. The molecular weight excluding hydrogens is 123 g/mol. The Labute approximate surface area is 85.9 Å². The smallest absolute Gasteiger partial charge is 1.00 e. The van der Waals surface area contributed by atoms with E-state index in [0.29, 0.717) is 0 Å². The van der Waals surface area contributed by atoms with E-state index >= 15 is 0 Å². The van der Waals surface area contributed by atoms with Gasteiger partial charge in [0, 0.05) is 6.42 Å². The van der Waals surface area contributed by atoms with Crippen LogP contribution >= 0.6 is 0 Å². The zero-order valence-electron chi connectivity index (χ0n) is 5.47. The van der Waals surface area contributed by atoms with Crippen molar-refractivity contribution in [2.24, 2.45) is 0 Å². The Morgan fingerprint density at radius 2 is 2.43 bits per heavy atom. The minimum atomic E-state index is -0.602. The van der Waals surface area contributed by atoms with E-state index in [2.05, 4.69) is 4.89 Å². The van der Waals surface area contributed by atoms with Gasteiger partial charge in [-0.25, -0.2) is 4.79 Å². The summed E-state index contributed by atoms with van der Waals surface area (Å²) in [5.41, 5.74) is 0. The van der Waals surface area contributed by atoms with Gasteiger partial charge in [-0.15, -0.1) is 0 Å². The van der Waals surface area contributed by atoms with Gasteiger partial charge in [0.25, 0.3) is 0 Å². The summed E-state index contributed by atoms with van der Waals surface area (Å²) in [4.78, 5) is 13.0. The molecule has 0 saturated heterocycles. The van der Waals surface area contributed by atoms with Crippen LogP contribution in [0.15, 0.2) is 0 Å². The van der Waals surface area contributed by atoms with Crippen molar-refractivity contribution in [1.82, 2.24) is 0 Å². The molecule has 0 aromatic heterocycles. The van der Waals surface area contributed by atoms with Crippen molar-refractivity contribution in [3.05, 3.63) is 0 Å². The van der Waals surface area contributed by atoms with Crippen LogP contribution in [0.4, 0.5) is 0 Å². The quantitative estimate of drug-likeness (QED) is 0.243. The van der Waals surface area contributed by atoms with Crippen LogP contribution in [0.2, 0.25) is 0 Å². The van der Waals surface area contributed by atoms with Gasteiger partial charge in [-0.2, -0.15) is 5.26 Å². The van der Waals surface area contributed by atoms with Gasteiger partial charge >= 0.3 is 57.4 Å². The Morgan fingerprint density at radius 3 is 2.43 bits per heavy atom. The van der Waals surface area contributed by atoms with Crippen molar-refractivity contribution in [2.45, 2.75) is 13.3 Å². The molecule has 0 atom stereocenters. The Kier molecular flexibility index (Phi) is 11.0.